The normalized spacial score (nSPS) is 13.0. The Labute approximate surface area is 170 Å². The van der Waals surface area contributed by atoms with Gasteiger partial charge in [0, 0.05) is 18.8 Å². The van der Waals surface area contributed by atoms with Crippen LogP contribution in [-0.2, 0) is 13.0 Å². The van der Waals surface area contributed by atoms with Crippen LogP contribution in [-0.4, -0.2) is 35.9 Å². The van der Waals surface area contributed by atoms with Gasteiger partial charge in [0.2, 0.25) is 5.95 Å². The number of nitrogens with zero attached hydrogens (tertiary/aromatic N) is 4. The molecule has 2 heterocycles. The lowest BCUT2D eigenvalue weighted by Gasteiger charge is -2.29. The molecule has 1 aliphatic heterocycles. The van der Waals surface area contributed by atoms with Crippen molar-refractivity contribution < 1.29 is 9.47 Å². The zero-order chi connectivity index (χ0) is 20.4. The van der Waals surface area contributed by atoms with Crippen LogP contribution in [0.15, 0.2) is 36.5 Å². The first-order chi connectivity index (χ1) is 14.1. The van der Waals surface area contributed by atoms with E-state index >= 15 is 0 Å². The number of fused-ring (bicyclic) bond motifs is 1. The standard InChI is InChI=1S/C22H25N5O2/c1-14-7-15(2)9-18(8-14)24-21-12-23-26-22(25-21)27-6-5-16-10-19(28-3)20(29-4)11-17(16)13-27/h7-12H,5-6,13H2,1-4H3,(H,24,25,26). The van der Waals surface area contributed by atoms with Gasteiger partial charge in [-0.25, -0.2) is 0 Å². The first-order valence-corrected chi connectivity index (χ1v) is 9.59. The summed E-state index contributed by atoms with van der Waals surface area (Å²) in [5.74, 6) is 2.78. The Balaban J connectivity index is 1.56. The Bertz CT molecular complexity index is 1020. The van der Waals surface area contributed by atoms with Gasteiger partial charge < -0.3 is 19.7 Å². The number of anilines is 3. The van der Waals surface area contributed by atoms with Gasteiger partial charge in [0.1, 0.15) is 0 Å². The van der Waals surface area contributed by atoms with E-state index in [9.17, 15) is 0 Å². The van der Waals surface area contributed by atoms with Gasteiger partial charge in [-0.3, -0.25) is 0 Å². The van der Waals surface area contributed by atoms with Crippen molar-refractivity contribution in [2.45, 2.75) is 26.8 Å². The lowest BCUT2D eigenvalue weighted by Crippen LogP contribution is -2.32. The fraction of sp³-hybridized carbons (Fsp3) is 0.318. The summed E-state index contributed by atoms with van der Waals surface area (Å²) in [4.78, 5) is 6.82. The fourth-order valence-corrected chi connectivity index (χ4v) is 3.74. The molecule has 0 fully saturated rings. The maximum atomic E-state index is 5.45. The second kappa shape index (κ2) is 7.95. The van der Waals surface area contributed by atoms with Crippen molar-refractivity contribution in [3.63, 3.8) is 0 Å². The van der Waals surface area contributed by atoms with Crippen LogP contribution in [0.4, 0.5) is 17.5 Å². The van der Waals surface area contributed by atoms with Gasteiger partial charge in [0.05, 0.1) is 20.4 Å². The Morgan fingerprint density at radius 3 is 2.31 bits per heavy atom. The number of aryl methyl sites for hydroxylation is 2. The number of hydrogen-bond acceptors (Lipinski definition) is 7. The average Bonchev–Trinajstić information content (AvgIpc) is 2.71. The molecule has 0 atom stereocenters. The molecule has 0 spiro atoms. The fourth-order valence-electron chi connectivity index (χ4n) is 3.74. The average molecular weight is 391 g/mol. The lowest BCUT2D eigenvalue weighted by molar-refractivity contribution is 0.353. The Hall–Kier alpha value is -3.35. The third-order valence-electron chi connectivity index (χ3n) is 5.04. The molecular weight excluding hydrogens is 366 g/mol. The van der Waals surface area contributed by atoms with Gasteiger partial charge in [0.25, 0.3) is 0 Å². The summed E-state index contributed by atoms with van der Waals surface area (Å²) in [6.45, 7) is 5.67. The predicted molar refractivity (Wildman–Crippen MR) is 113 cm³/mol. The molecule has 150 valence electrons. The van der Waals surface area contributed by atoms with E-state index in [1.807, 2.05) is 6.07 Å². The van der Waals surface area contributed by atoms with Gasteiger partial charge >= 0.3 is 0 Å². The molecule has 0 radical (unpaired) electrons. The molecule has 0 saturated heterocycles. The van der Waals surface area contributed by atoms with Crippen molar-refractivity contribution in [1.82, 2.24) is 15.2 Å². The van der Waals surface area contributed by atoms with E-state index < -0.39 is 0 Å². The quantitative estimate of drug-likeness (QED) is 0.709. The molecule has 1 aliphatic rings. The summed E-state index contributed by atoms with van der Waals surface area (Å²) in [6, 6.07) is 10.4. The third-order valence-corrected chi connectivity index (χ3v) is 5.04. The number of rotatable bonds is 5. The van der Waals surface area contributed by atoms with Crippen LogP contribution in [0.2, 0.25) is 0 Å². The first kappa shape index (κ1) is 19.0. The smallest absolute Gasteiger partial charge is 0.247 e. The summed E-state index contributed by atoms with van der Waals surface area (Å²) in [5, 5.41) is 11.8. The highest BCUT2D eigenvalue weighted by atomic mass is 16.5. The van der Waals surface area contributed by atoms with E-state index in [1.54, 1.807) is 20.4 Å². The molecule has 0 bridgehead atoms. The molecule has 2 aromatic carbocycles. The molecule has 4 rings (SSSR count). The van der Waals surface area contributed by atoms with Crippen LogP contribution in [0.3, 0.4) is 0 Å². The minimum atomic E-state index is 0.611. The number of benzene rings is 2. The molecule has 1 N–H and O–H groups in total. The highest BCUT2D eigenvalue weighted by molar-refractivity contribution is 5.59. The van der Waals surface area contributed by atoms with Crippen molar-refractivity contribution in [2.24, 2.45) is 0 Å². The van der Waals surface area contributed by atoms with E-state index in [-0.39, 0.29) is 0 Å². The van der Waals surface area contributed by atoms with Crippen LogP contribution in [0.25, 0.3) is 0 Å². The SMILES string of the molecule is COc1cc2c(cc1OC)CN(c1nncc(Nc3cc(C)cc(C)c3)n1)CC2. The molecule has 1 aromatic heterocycles. The number of ether oxygens (including phenoxy) is 2. The van der Waals surface area contributed by atoms with E-state index in [0.29, 0.717) is 18.3 Å². The maximum Gasteiger partial charge on any atom is 0.247 e. The summed E-state index contributed by atoms with van der Waals surface area (Å²) in [5.41, 5.74) is 5.84. The van der Waals surface area contributed by atoms with Gasteiger partial charge in [-0.05, 0) is 66.8 Å². The minimum absolute atomic E-state index is 0.611. The largest absolute Gasteiger partial charge is 0.493 e. The predicted octanol–water partition coefficient (Wildman–Crippen LogP) is 3.81. The van der Waals surface area contributed by atoms with E-state index in [1.165, 1.54) is 22.3 Å². The summed E-state index contributed by atoms with van der Waals surface area (Å²) in [6.07, 6.45) is 2.53. The van der Waals surface area contributed by atoms with E-state index in [4.69, 9.17) is 9.47 Å². The molecule has 3 aromatic rings. The molecule has 0 unspecified atom stereocenters. The summed E-state index contributed by atoms with van der Waals surface area (Å²) < 4.78 is 10.9. The molecule has 7 heteroatoms. The highest BCUT2D eigenvalue weighted by Gasteiger charge is 2.21. The van der Waals surface area contributed by atoms with Crippen LogP contribution in [0.5, 0.6) is 11.5 Å². The monoisotopic (exact) mass is 391 g/mol. The third kappa shape index (κ3) is 4.08. The number of aromatic nitrogens is 3. The minimum Gasteiger partial charge on any atom is -0.493 e. The highest BCUT2D eigenvalue weighted by Crippen LogP contribution is 2.34. The molecule has 0 amide bonds. The van der Waals surface area contributed by atoms with Crippen LogP contribution >= 0.6 is 0 Å². The van der Waals surface area contributed by atoms with E-state index in [2.05, 4.69) is 63.5 Å². The van der Waals surface area contributed by atoms with Crippen LogP contribution in [0.1, 0.15) is 22.3 Å². The Kier molecular flexibility index (Phi) is 5.20. The zero-order valence-corrected chi connectivity index (χ0v) is 17.2. The van der Waals surface area contributed by atoms with Crippen molar-refractivity contribution in [3.05, 3.63) is 58.8 Å². The van der Waals surface area contributed by atoms with Crippen molar-refractivity contribution in [1.29, 1.82) is 0 Å². The Morgan fingerprint density at radius 2 is 1.62 bits per heavy atom. The Morgan fingerprint density at radius 1 is 0.931 bits per heavy atom. The molecule has 0 aliphatic carbocycles. The molecule has 29 heavy (non-hydrogen) atoms. The summed E-state index contributed by atoms with van der Waals surface area (Å²) in [7, 11) is 3.31. The van der Waals surface area contributed by atoms with E-state index in [0.717, 1.165) is 30.2 Å². The number of methoxy groups -OCH3 is 2. The van der Waals surface area contributed by atoms with Gasteiger partial charge in [-0.15, -0.1) is 5.10 Å². The molecule has 0 saturated carbocycles. The zero-order valence-electron chi connectivity index (χ0n) is 17.2. The summed E-state index contributed by atoms with van der Waals surface area (Å²) >= 11 is 0. The second-order valence-electron chi connectivity index (χ2n) is 7.29. The van der Waals surface area contributed by atoms with Crippen molar-refractivity contribution in [2.75, 3.05) is 31.0 Å². The topological polar surface area (TPSA) is 72.4 Å². The van der Waals surface area contributed by atoms with Crippen molar-refractivity contribution in [3.8, 4) is 11.5 Å². The lowest BCUT2D eigenvalue weighted by atomic mass is 9.99. The number of nitrogens with one attached hydrogen (secondary N) is 1. The van der Waals surface area contributed by atoms with Gasteiger partial charge in [0.15, 0.2) is 17.3 Å². The molecular formula is C22H25N5O2. The van der Waals surface area contributed by atoms with Crippen LogP contribution < -0.4 is 19.7 Å². The van der Waals surface area contributed by atoms with Crippen molar-refractivity contribution >= 4 is 17.5 Å². The second-order valence-corrected chi connectivity index (χ2v) is 7.29. The first-order valence-electron chi connectivity index (χ1n) is 9.59. The molecule has 7 nitrogen and oxygen atoms in total. The van der Waals surface area contributed by atoms with Gasteiger partial charge in [-0.1, -0.05) is 6.07 Å². The van der Waals surface area contributed by atoms with Crippen LogP contribution in [0, 0.1) is 13.8 Å². The van der Waals surface area contributed by atoms with Gasteiger partial charge in [-0.2, -0.15) is 10.1 Å². The maximum absolute atomic E-state index is 5.45. The number of hydrogen-bond donors (Lipinski definition) is 1.